The number of ether oxygens (including phenoxy) is 2. The molecule has 0 radical (unpaired) electrons. The molecule has 0 aromatic carbocycles. The maximum Gasteiger partial charge on any atom is 0.302 e. The minimum Gasteiger partial charge on any atom is -0.469 e. The Hall–Kier alpha value is -1.10. The monoisotopic (exact) mass is 178 g/mol. The molecule has 72 valence electrons. The fourth-order valence-electron chi connectivity index (χ4n) is 0.189. The van der Waals surface area contributed by atoms with Gasteiger partial charge in [-0.25, -0.2) is 0 Å². The van der Waals surface area contributed by atoms with Crippen LogP contribution in [0, 0.1) is 0 Å². The van der Waals surface area contributed by atoms with E-state index in [1.165, 1.54) is 21.0 Å². The third-order valence-corrected chi connectivity index (χ3v) is 0.684. The number of carbonyl (C=O) groups excluding carboxylic acids is 2. The number of methoxy groups -OCH3 is 1. The van der Waals surface area contributed by atoms with Crippen molar-refractivity contribution < 1.29 is 24.2 Å². The van der Waals surface area contributed by atoms with Crippen molar-refractivity contribution in [2.24, 2.45) is 0 Å². The van der Waals surface area contributed by atoms with Crippen LogP contribution in [0.2, 0.25) is 0 Å². The van der Waals surface area contributed by atoms with Crippen LogP contribution in [-0.2, 0) is 19.1 Å². The molecule has 0 rings (SSSR count). The second kappa shape index (κ2) is 9.90. The van der Waals surface area contributed by atoms with Crippen molar-refractivity contribution in [3.8, 4) is 0 Å². The maximum atomic E-state index is 9.87. The Bertz CT molecular complexity index is 132. The lowest BCUT2D eigenvalue weighted by atomic mass is 10.7. The highest BCUT2D eigenvalue weighted by Gasteiger charge is 1.86. The Morgan fingerprint density at radius 2 is 1.67 bits per heavy atom. The Morgan fingerprint density at radius 1 is 1.25 bits per heavy atom. The van der Waals surface area contributed by atoms with E-state index in [1.807, 2.05) is 0 Å². The molecule has 0 aliphatic heterocycles. The molecule has 0 saturated carbocycles. The van der Waals surface area contributed by atoms with Gasteiger partial charge in [0.1, 0.15) is 6.61 Å². The molecular weight excluding hydrogens is 164 g/mol. The predicted octanol–water partition coefficient (Wildman–Crippen LogP) is -0.279. The van der Waals surface area contributed by atoms with Crippen LogP contribution in [0.1, 0.15) is 13.8 Å². The van der Waals surface area contributed by atoms with Gasteiger partial charge in [-0.2, -0.15) is 0 Å². The number of carbonyl (C=O) groups is 2. The highest BCUT2D eigenvalue weighted by molar-refractivity contribution is 5.65. The molecule has 0 fully saturated rings. The first-order valence-electron chi connectivity index (χ1n) is 3.33. The van der Waals surface area contributed by atoms with Gasteiger partial charge in [-0.3, -0.25) is 9.59 Å². The highest BCUT2D eigenvalue weighted by Crippen LogP contribution is 1.71. The molecule has 0 aromatic heterocycles. The van der Waals surface area contributed by atoms with Crippen molar-refractivity contribution >= 4 is 11.9 Å². The van der Waals surface area contributed by atoms with Crippen LogP contribution in [0.25, 0.3) is 0 Å². The van der Waals surface area contributed by atoms with E-state index in [0.29, 0.717) is 0 Å². The first-order valence-corrected chi connectivity index (χ1v) is 3.33. The highest BCUT2D eigenvalue weighted by atomic mass is 16.5. The van der Waals surface area contributed by atoms with Crippen molar-refractivity contribution in [2.45, 2.75) is 13.8 Å². The Balaban J connectivity index is 0. The van der Waals surface area contributed by atoms with Crippen LogP contribution >= 0.6 is 0 Å². The van der Waals surface area contributed by atoms with Crippen LogP contribution in [0.5, 0.6) is 0 Å². The van der Waals surface area contributed by atoms with Gasteiger partial charge in [-0.1, -0.05) is 0 Å². The van der Waals surface area contributed by atoms with Crippen LogP contribution in [-0.4, -0.2) is 37.4 Å². The van der Waals surface area contributed by atoms with Gasteiger partial charge in [0.15, 0.2) is 0 Å². The van der Waals surface area contributed by atoms with Crippen molar-refractivity contribution in [3.63, 3.8) is 0 Å². The summed E-state index contributed by atoms with van der Waals surface area (Å²) in [5.74, 6) is -0.598. The van der Waals surface area contributed by atoms with Crippen LogP contribution in [0.15, 0.2) is 0 Å². The molecule has 0 aliphatic carbocycles. The summed E-state index contributed by atoms with van der Waals surface area (Å²) < 4.78 is 8.41. The summed E-state index contributed by atoms with van der Waals surface area (Å²) in [4.78, 5) is 19.5. The van der Waals surface area contributed by atoms with Gasteiger partial charge < -0.3 is 14.6 Å². The number of aliphatic hydroxyl groups is 1. The lowest BCUT2D eigenvalue weighted by Crippen LogP contribution is -2.03. The van der Waals surface area contributed by atoms with E-state index in [2.05, 4.69) is 9.47 Å². The number of esters is 2. The topological polar surface area (TPSA) is 72.8 Å². The minimum atomic E-state index is -0.353. The molecule has 12 heavy (non-hydrogen) atoms. The Morgan fingerprint density at radius 3 is 1.75 bits per heavy atom. The van der Waals surface area contributed by atoms with Gasteiger partial charge in [0.05, 0.1) is 13.7 Å². The first-order chi connectivity index (χ1) is 5.54. The average molecular weight is 178 g/mol. The second-order valence-electron chi connectivity index (χ2n) is 1.76. The zero-order valence-corrected chi connectivity index (χ0v) is 7.49. The van der Waals surface area contributed by atoms with E-state index in [9.17, 15) is 9.59 Å². The molecule has 0 saturated heterocycles. The molecule has 0 spiro atoms. The molecule has 0 aromatic rings. The molecule has 5 heteroatoms. The van der Waals surface area contributed by atoms with Crippen molar-refractivity contribution in [3.05, 3.63) is 0 Å². The summed E-state index contributed by atoms with van der Waals surface area (Å²) in [5, 5.41) is 8.04. The molecule has 0 heterocycles. The van der Waals surface area contributed by atoms with Gasteiger partial charge in [-0.15, -0.1) is 0 Å². The minimum absolute atomic E-state index is 0.0976. The standard InChI is InChI=1S/C4H8O3.C3H6O2/c1-4(6)7-3-2-5;1-3(4)5-2/h5H,2-3H2,1H3;1-2H3. The lowest BCUT2D eigenvalue weighted by Gasteiger charge is -1.93. The van der Waals surface area contributed by atoms with E-state index in [0.717, 1.165) is 0 Å². The van der Waals surface area contributed by atoms with E-state index in [4.69, 9.17) is 5.11 Å². The molecule has 0 aliphatic rings. The molecule has 0 amide bonds. The van der Waals surface area contributed by atoms with Gasteiger partial charge in [-0.05, 0) is 0 Å². The van der Waals surface area contributed by atoms with E-state index in [1.54, 1.807) is 0 Å². The summed E-state index contributed by atoms with van der Waals surface area (Å²) in [6, 6.07) is 0. The van der Waals surface area contributed by atoms with E-state index < -0.39 is 0 Å². The fraction of sp³-hybridized carbons (Fsp3) is 0.714. The lowest BCUT2D eigenvalue weighted by molar-refractivity contribution is -0.142. The van der Waals surface area contributed by atoms with Crippen molar-refractivity contribution in [2.75, 3.05) is 20.3 Å². The van der Waals surface area contributed by atoms with Crippen LogP contribution in [0.3, 0.4) is 0 Å². The number of rotatable bonds is 2. The molecule has 0 unspecified atom stereocenters. The van der Waals surface area contributed by atoms with E-state index >= 15 is 0 Å². The summed E-state index contributed by atoms with van der Waals surface area (Å²) in [7, 11) is 1.35. The zero-order valence-electron chi connectivity index (χ0n) is 7.49. The van der Waals surface area contributed by atoms with Gasteiger partial charge >= 0.3 is 11.9 Å². The molecule has 1 N–H and O–H groups in total. The maximum absolute atomic E-state index is 9.87. The third-order valence-electron chi connectivity index (χ3n) is 0.684. The Kier molecular flexibility index (Phi) is 11.1. The van der Waals surface area contributed by atoms with E-state index in [-0.39, 0.29) is 25.2 Å². The molecule has 5 nitrogen and oxygen atoms in total. The smallest absolute Gasteiger partial charge is 0.302 e. The number of hydrogen-bond acceptors (Lipinski definition) is 5. The zero-order chi connectivity index (χ0) is 9.98. The normalized spacial score (nSPS) is 7.67. The third kappa shape index (κ3) is 23.1. The summed E-state index contributed by atoms with van der Waals surface area (Å²) in [6.07, 6.45) is 0. The fourth-order valence-corrected chi connectivity index (χ4v) is 0.189. The van der Waals surface area contributed by atoms with Gasteiger partial charge in [0.25, 0.3) is 0 Å². The summed E-state index contributed by atoms with van der Waals surface area (Å²) in [5.41, 5.74) is 0. The first kappa shape index (κ1) is 13.5. The SMILES string of the molecule is CC(=O)OCCO.COC(C)=O. The summed E-state index contributed by atoms with van der Waals surface area (Å²) in [6.45, 7) is 2.67. The van der Waals surface area contributed by atoms with Crippen LogP contribution in [0.4, 0.5) is 0 Å². The summed E-state index contributed by atoms with van der Waals surface area (Å²) >= 11 is 0. The van der Waals surface area contributed by atoms with Crippen LogP contribution < -0.4 is 0 Å². The molecule has 0 atom stereocenters. The molecular formula is C7H14O5. The number of hydrogen-bond donors (Lipinski definition) is 1. The average Bonchev–Trinajstić information content (AvgIpc) is 2.02. The second-order valence-corrected chi connectivity index (χ2v) is 1.76. The predicted molar refractivity (Wildman–Crippen MR) is 41.4 cm³/mol. The van der Waals surface area contributed by atoms with Gasteiger partial charge in [0.2, 0.25) is 0 Å². The quantitative estimate of drug-likeness (QED) is 0.589. The Labute approximate surface area is 71.3 Å². The van der Waals surface area contributed by atoms with Crippen molar-refractivity contribution in [1.82, 2.24) is 0 Å². The van der Waals surface area contributed by atoms with Gasteiger partial charge in [0, 0.05) is 13.8 Å². The molecule has 0 bridgehead atoms. The number of aliphatic hydroxyl groups excluding tert-OH is 1. The largest absolute Gasteiger partial charge is 0.469 e. The van der Waals surface area contributed by atoms with Crippen molar-refractivity contribution in [1.29, 1.82) is 0 Å².